The fraction of sp³-hybridized carbons (Fsp3) is 0.419. The highest BCUT2D eigenvalue weighted by Gasteiger charge is 2.37. The Hall–Kier alpha value is -4.06. The molecule has 53 heavy (non-hydrogen) atoms. The van der Waals surface area contributed by atoms with Crippen LogP contribution in [-0.2, 0) is 19.3 Å². The van der Waals surface area contributed by atoms with Crippen LogP contribution >= 0.6 is 7.92 Å². The number of likely N-dealkylation sites (tertiary alicyclic amines) is 1. The number of nitrogens with two attached hydrogens (primary N) is 3. The van der Waals surface area contributed by atoms with Gasteiger partial charge in [-0.25, -0.2) is 11.1 Å². The Kier molecular flexibility index (Phi) is 17.5. The number of unbranched alkanes of at least 4 members (excludes halogenated alkanes) is 3. The van der Waals surface area contributed by atoms with Gasteiger partial charge in [0.05, 0.1) is 17.9 Å². The molecule has 1 aliphatic heterocycles. The molecule has 0 radical (unpaired) electrons. The van der Waals surface area contributed by atoms with E-state index < -0.39 is 0 Å². The van der Waals surface area contributed by atoms with Crippen molar-refractivity contribution in [1.82, 2.24) is 20.5 Å². The van der Waals surface area contributed by atoms with Crippen LogP contribution in [0, 0.1) is 11.2 Å². The normalized spacial score (nSPS) is 16.3. The van der Waals surface area contributed by atoms with E-state index in [1.807, 2.05) is 24.4 Å². The number of hydrogen-bond donors (Lipinski definition) is 5. The summed E-state index contributed by atoms with van der Waals surface area (Å²) in [4.78, 5) is 2.30. The Morgan fingerprint density at radius 2 is 1.64 bits per heavy atom. The predicted octanol–water partition coefficient (Wildman–Crippen LogP) is 7.04. The predicted molar refractivity (Wildman–Crippen MR) is 227 cm³/mol. The van der Waals surface area contributed by atoms with Crippen LogP contribution in [0.5, 0.6) is 0 Å². The van der Waals surface area contributed by atoms with Crippen LogP contribution in [0.3, 0.4) is 0 Å². The van der Waals surface area contributed by atoms with Crippen molar-refractivity contribution in [1.29, 1.82) is 5.26 Å². The van der Waals surface area contributed by atoms with Gasteiger partial charge < -0.3 is 32.0 Å². The Labute approximate surface area is 321 Å². The van der Waals surface area contributed by atoms with Crippen molar-refractivity contribution in [2.45, 2.75) is 82.0 Å². The number of aryl methyl sites for hydroxylation is 1. The second-order valence-electron chi connectivity index (χ2n) is 14.6. The average molecular weight is 733 g/mol. The number of allylic oxidation sites excluding steroid dienone is 2. The highest BCUT2D eigenvalue weighted by Crippen LogP contribution is 2.42. The highest BCUT2D eigenvalue weighted by atomic mass is 31.1. The molecule has 1 fully saturated rings. The third-order valence-electron chi connectivity index (χ3n) is 10.2. The van der Waals surface area contributed by atoms with Crippen molar-refractivity contribution in [2.24, 2.45) is 17.3 Å². The number of hydrazine groups is 1. The van der Waals surface area contributed by atoms with E-state index in [2.05, 4.69) is 115 Å². The number of nitriles is 1. The average Bonchev–Trinajstić information content (AvgIpc) is 3.63. The molecule has 1 heterocycles. The molecular weight excluding hydrogens is 670 g/mol. The van der Waals surface area contributed by atoms with E-state index >= 15 is 0 Å². The van der Waals surface area contributed by atoms with E-state index in [-0.39, 0.29) is 26.7 Å². The molecular formula is C43H62BN8P. The smallest absolute Gasteiger partial charge is 0.278 e. The Morgan fingerprint density at radius 1 is 0.981 bits per heavy atom. The summed E-state index contributed by atoms with van der Waals surface area (Å²) < 4.78 is 0. The zero-order valence-corrected chi connectivity index (χ0v) is 33.0. The van der Waals surface area contributed by atoms with Gasteiger partial charge in [-0.2, -0.15) is 0 Å². The minimum atomic E-state index is -0.213. The van der Waals surface area contributed by atoms with Crippen molar-refractivity contribution < 1.29 is 0 Å². The Morgan fingerprint density at radius 3 is 2.28 bits per heavy atom. The molecule has 282 valence electrons. The van der Waals surface area contributed by atoms with E-state index in [9.17, 15) is 5.26 Å². The van der Waals surface area contributed by atoms with Gasteiger partial charge in [0.15, 0.2) is 0 Å². The molecule has 0 aromatic heterocycles. The zero-order chi connectivity index (χ0) is 38.0. The molecule has 8 nitrogen and oxygen atoms in total. The SMILES string of the molecule is C=C(NCCCCCCN)C1CC(N(N)/C=C(\N)CCc2ccc(C(NCc3ccccc3)P(C)C)cc2)CN1C(=C)CB(C#N)Cc1ccccc1. The molecule has 1 aliphatic rings. The number of nitrogens with zero attached hydrogens (tertiary/aromatic N) is 3. The number of rotatable bonds is 23. The van der Waals surface area contributed by atoms with Crippen LogP contribution in [0.4, 0.5) is 0 Å². The van der Waals surface area contributed by atoms with Crippen LogP contribution in [0.2, 0.25) is 6.32 Å². The van der Waals surface area contributed by atoms with Crippen LogP contribution in [-0.4, -0.2) is 61.7 Å². The van der Waals surface area contributed by atoms with Gasteiger partial charge in [0.2, 0.25) is 0 Å². The van der Waals surface area contributed by atoms with E-state index in [4.69, 9.17) is 17.3 Å². The summed E-state index contributed by atoms with van der Waals surface area (Å²) in [5.41, 5.74) is 19.9. The van der Waals surface area contributed by atoms with Crippen LogP contribution in [0.15, 0.2) is 121 Å². The third-order valence-corrected chi connectivity index (χ3v) is 11.7. The first-order valence-corrected chi connectivity index (χ1v) is 21.5. The summed E-state index contributed by atoms with van der Waals surface area (Å²) in [5.74, 6) is 9.58. The van der Waals surface area contributed by atoms with Gasteiger partial charge >= 0.3 is 0 Å². The monoisotopic (exact) mass is 732 g/mol. The lowest BCUT2D eigenvalue weighted by Gasteiger charge is -2.31. The molecule has 3 unspecified atom stereocenters. The summed E-state index contributed by atoms with van der Waals surface area (Å²) in [6.07, 6.45) is 9.92. The van der Waals surface area contributed by atoms with E-state index in [1.165, 1.54) is 16.7 Å². The molecule has 0 bridgehead atoms. The van der Waals surface area contributed by atoms with Crippen LogP contribution in [0.1, 0.15) is 66.6 Å². The molecule has 1 saturated heterocycles. The summed E-state index contributed by atoms with van der Waals surface area (Å²) in [5, 5.41) is 19.2. The maximum atomic E-state index is 10.1. The zero-order valence-electron chi connectivity index (χ0n) is 32.1. The molecule has 0 saturated carbocycles. The first-order valence-electron chi connectivity index (χ1n) is 19.2. The van der Waals surface area contributed by atoms with E-state index in [0.29, 0.717) is 31.4 Å². The first-order chi connectivity index (χ1) is 25.7. The van der Waals surface area contributed by atoms with Crippen molar-refractivity contribution in [3.8, 4) is 5.97 Å². The first kappa shape index (κ1) is 41.7. The number of nitrogens with one attached hydrogen (secondary N) is 2. The molecule has 3 aromatic carbocycles. The largest absolute Gasteiger partial charge is 0.401 e. The van der Waals surface area contributed by atoms with Gasteiger partial charge in [0, 0.05) is 48.9 Å². The van der Waals surface area contributed by atoms with Gasteiger partial charge in [-0.05, 0) is 81.3 Å². The topological polar surface area (TPSA) is 132 Å². The van der Waals surface area contributed by atoms with Crippen LogP contribution < -0.4 is 27.9 Å². The molecule has 0 aliphatic carbocycles. The fourth-order valence-electron chi connectivity index (χ4n) is 7.09. The third kappa shape index (κ3) is 13.7. The van der Waals surface area contributed by atoms with Crippen molar-refractivity contribution in [3.05, 3.63) is 144 Å². The van der Waals surface area contributed by atoms with Gasteiger partial charge in [-0.3, -0.25) is 0 Å². The van der Waals surface area contributed by atoms with Gasteiger partial charge in [0.25, 0.3) is 6.71 Å². The Bertz CT molecular complexity index is 1610. The van der Waals surface area contributed by atoms with Gasteiger partial charge in [-0.1, -0.05) is 124 Å². The number of hydrogen-bond acceptors (Lipinski definition) is 8. The summed E-state index contributed by atoms with van der Waals surface area (Å²) >= 11 is 0. The summed E-state index contributed by atoms with van der Waals surface area (Å²) in [7, 11) is -0.213. The maximum absolute atomic E-state index is 10.1. The fourth-order valence-corrected chi connectivity index (χ4v) is 8.31. The second kappa shape index (κ2) is 22.2. The van der Waals surface area contributed by atoms with Gasteiger partial charge in [0.1, 0.15) is 0 Å². The van der Waals surface area contributed by atoms with Crippen molar-refractivity contribution in [2.75, 3.05) is 33.0 Å². The second-order valence-corrected chi connectivity index (χ2v) is 17.1. The van der Waals surface area contributed by atoms with Crippen molar-refractivity contribution in [3.63, 3.8) is 0 Å². The minimum Gasteiger partial charge on any atom is -0.401 e. The molecule has 10 heteroatoms. The Balaban J connectivity index is 1.35. The molecule has 0 amide bonds. The maximum Gasteiger partial charge on any atom is 0.278 e. The lowest BCUT2D eigenvalue weighted by Crippen LogP contribution is -2.39. The molecule has 8 N–H and O–H groups in total. The van der Waals surface area contributed by atoms with Gasteiger partial charge in [-0.15, -0.1) is 0 Å². The summed E-state index contributed by atoms with van der Waals surface area (Å²) in [6.45, 7) is 16.6. The quantitative estimate of drug-likeness (QED) is 0.0231. The highest BCUT2D eigenvalue weighted by molar-refractivity contribution is 7.56. The summed E-state index contributed by atoms with van der Waals surface area (Å²) in [6, 6.07) is 29.8. The lowest BCUT2D eigenvalue weighted by molar-refractivity contribution is 0.277. The van der Waals surface area contributed by atoms with Crippen LogP contribution in [0.25, 0.3) is 0 Å². The minimum absolute atomic E-state index is 0.0186. The standard InChI is InChI=1S/C43H62BN8P/c1-34(28-44(33-46)29-37-15-9-7-10-16-37)51-32-41(27-42(51)35(2)49-26-14-6-5-13-25-45)52(48)31-40(47)24-21-36-19-22-39(23-20-36)43(53(3)4)50-30-38-17-11-8-12-18-38/h7-12,15-20,22-23,31,41-43,49-50H,1-2,5-6,13-14,21,24-30,32,45,47-48H2,3-4H3/b40-31-. The molecule has 0 spiro atoms. The number of benzene rings is 3. The lowest BCUT2D eigenvalue weighted by atomic mass is 9.45. The van der Waals surface area contributed by atoms with Crippen molar-refractivity contribution >= 4 is 14.6 Å². The molecule has 3 atom stereocenters. The van der Waals surface area contributed by atoms with E-state index in [1.54, 1.807) is 5.01 Å². The molecule has 4 rings (SSSR count). The molecule has 3 aromatic rings. The van der Waals surface area contributed by atoms with E-state index in [0.717, 1.165) is 80.8 Å².